The van der Waals surface area contributed by atoms with Crippen LogP contribution in [0.15, 0.2) is 36.5 Å². The molecule has 108 valence electrons. The molecule has 1 aromatic heterocycles. The summed E-state index contributed by atoms with van der Waals surface area (Å²) < 4.78 is 4.68. The Morgan fingerprint density at radius 2 is 2.14 bits per heavy atom. The van der Waals surface area contributed by atoms with E-state index < -0.39 is 5.97 Å². The van der Waals surface area contributed by atoms with E-state index in [4.69, 9.17) is 0 Å². The molecule has 3 rings (SSSR count). The number of hydrogen-bond acceptors (Lipinski definition) is 5. The highest BCUT2D eigenvalue weighted by atomic mass is 16.5. The normalized spacial score (nSPS) is 13.0. The molecular formula is C16H17N3O2. The number of ether oxygens (including phenoxy) is 1. The Balaban J connectivity index is 1.82. The minimum absolute atomic E-state index is 0.294. The first-order chi connectivity index (χ1) is 10.3. The second-order valence-electron chi connectivity index (χ2n) is 4.95. The number of benzene rings is 1. The maximum absolute atomic E-state index is 11.5. The van der Waals surface area contributed by atoms with Crippen molar-refractivity contribution in [2.24, 2.45) is 0 Å². The van der Waals surface area contributed by atoms with Gasteiger partial charge in [-0.05, 0) is 48.7 Å². The third kappa shape index (κ3) is 2.97. The van der Waals surface area contributed by atoms with E-state index in [0.717, 1.165) is 30.8 Å². The summed E-state index contributed by atoms with van der Waals surface area (Å²) in [5, 5.41) is 6.68. The highest BCUT2D eigenvalue weighted by molar-refractivity contribution is 5.88. The molecule has 2 aromatic rings. The maximum Gasteiger partial charge on any atom is 0.356 e. The number of fused-ring (bicyclic) bond motifs is 1. The molecule has 0 spiro atoms. The van der Waals surface area contributed by atoms with Gasteiger partial charge in [-0.15, -0.1) is 0 Å². The van der Waals surface area contributed by atoms with E-state index in [9.17, 15) is 4.79 Å². The molecule has 0 radical (unpaired) electrons. The Kier molecular flexibility index (Phi) is 3.73. The van der Waals surface area contributed by atoms with Crippen LogP contribution in [-0.2, 0) is 11.2 Å². The summed E-state index contributed by atoms with van der Waals surface area (Å²) >= 11 is 0. The highest BCUT2D eigenvalue weighted by Gasteiger charge is 2.10. The number of pyridine rings is 1. The van der Waals surface area contributed by atoms with Crippen molar-refractivity contribution in [3.63, 3.8) is 0 Å². The SMILES string of the molecule is COC(=O)c1cc(Nc2ccc3c(c2)CCCN3)ccn1. The number of nitrogens with one attached hydrogen (secondary N) is 2. The lowest BCUT2D eigenvalue weighted by atomic mass is 10.0. The van der Waals surface area contributed by atoms with Gasteiger partial charge in [0.15, 0.2) is 0 Å². The first-order valence-corrected chi connectivity index (χ1v) is 6.94. The van der Waals surface area contributed by atoms with Crippen molar-refractivity contribution in [1.82, 2.24) is 4.98 Å². The van der Waals surface area contributed by atoms with E-state index in [2.05, 4.69) is 32.5 Å². The number of aromatic nitrogens is 1. The monoisotopic (exact) mass is 283 g/mol. The quantitative estimate of drug-likeness (QED) is 0.848. The van der Waals surface area contributed by atoms with E-state index in [-0.39, 0.29) is 0 Å². The van der Waals surface area contributed by atoms with Crippen LogP contribution in [0.1, 0.15) is 22.5 Å². The summed E-state index contributed by atoms with van der Waals surface area (Å²) in [4.78, 5) is 15.5. The van der Waals surface area contributed by atoms with Crippen LogP contribution in [-0.4, -0.2) is 24.6 Å². The molecule has 1 aliphatic rings. The van der Waals surface area contributed by atoms with Gasteiger partial charge in [0.05, 0.1) is 7.11 Å². The molecule has 0 aliphatic carbocycles. The van der Waals surface area contributed by atoms with Gasteiger partial charge in [0, 0.05) is 29.8 Å². The van der Waals surface area contributed by atoms with Gasteiger partial charge in [0.1, 0.15) is 5.69 Å². The fourth-order valence-electron chi connectivity index (χ4n) is 2.44. The van der Waals surface area contributed by atoms with Crippen LogP contribution in [0.25, 0.3) is 0 Å². The zero-order valence-corrected chi connectivity index (χ0v) is 11.8. The molecule has 5 heteroatoms. The van der Waals surface area contributed by atoms with Crippen LogP contribution >= 0.6 is 0 Å². The molecule has 21 heavy (non-hydrogen) atoms. The Morgan fingerprint density at radius 3 is 3.00 bits per heavy atom. The zero-order chi connectivity index (χ0) is 14.7. The second kappa shape index (κ2) is 5.83. The lowest BCUT2D eigenvalue weighted by molar-refractivity contribution is 0.0594. The molecule has 2 N–H and O–H groups in total. The van der Waals surface area contributed by atoms with E-state index in [1.165, 1.54) is 18.4 Å². The minimum Gasteiger partial charge on any atom is -0.464 e. The van der Waals surface area contributed by atoms with Gasteiger partial charge in [-0.2, -0.15) is 0 Å². The van der Waals surface area contributed by atoms with Gasteiger partial charge in [0.2, 0.25) is 0 Å². The second-order valence-corrected chi connectivity index (χ2v) is 4.95. The van der Waals surface area contributed by atoms with Crippen LogP contribution in [0.5, 0.6) is 0 Å². The lowest BCUT2D eigenvalue weighted by Gasteiger charge is -2.19. The molecule has 0 fully saturated rings. The molecule has 1 aromatic carbocycles. The van der Waals surface area contributed by atoms with Gasteiger partial charge in [-0.25, -0.2) is 9.78 Å². The summed E-state index contributed by atoms with van der Waals surface area (Å²) in [5.74, 6) is -0.437. The number of carbonyl (C=O) groups excluding carboxylic acids is 1. The average Bonchev–Trinajstić information content (AvgIpc) is 2.54. The van der Waals surface area contributed by atoms with Crippen molar-refractivity contribution in [2.75, 3.05) is 24.3 Å². The van der Waals surface area contributed by atoms with Gasteiger partial charge < -0.3 is 15.4 Å². The molecule has 0 saturated carbocycles. The minimum atomic E-state index is -0.437. The fraction of sp³-hybridized carbons (Fsp3) is 0.250. The van der Waals surface area contributed by atoms with Crippen molar-refractivity contribution in [1.29, 1.82) is 0 Å². The number of hydrogen-bond donors (Lipinski definition) is 2. The van der Waals surface area contributed by atoms with E-state index in [1.54, 1.807) is 12.3 Å². The Morgan fingerprint density at radius 1 is 1.29 bits per heavy atom. The molecule has 2 heterocycles. The summed E-state index contributed by atoms with van der Waals surface area (Å²) in [5.41, 5.74) is 4.63. The summed E-state index contributed by atoms with van der Waals surface area (Å²) in [6.45, 7) is 1.03. The number of carbonyl (C=O) groups is 1. The topological polar surface area (TPSA) is 63.2 Å². The Bertz CT molecular complexity index is 670. The Hall–Kier alpha value is -2.56. The van der Waals surface area contributed by atoms with Gasteiger partial charge in [-0.3, -0.25) is 0 Å². The van der Waals surface area contributed by atoms with Crippen LogP contribution in [0.4, 0.5) is 17.1 Å². The third-order valence-electron chi connectivity index (χ3n) is 3.49. The predicted molar refractivity (Wildman–Crippen MR) is 82.1 cm³/mol. The summed E-state index contributed by atoms with van der Waals surface area (Å²) in [7, 11) is 1.35. The van der Waals surface area contributed by atoms with Crippen molar-refractivity contribution in [3.05, 3.63) is 47.8 Å². The first-order valence-electron chi connectivity index (χ1n) is 6.94. The summed E-state index contributed by atoms with van der Waals surface area (Å²) in [6, 6.07) is 9.75. The smallest absolute Gasteiger partial charge is 0.356 e. The van der Waals surface area contributed by atoms with Gasteiger partial charge in [-0.1, -0.05) is 0 Å². The van der Waals surface area contributed by atoms with Crippen LogP contribution in [0.3, 0.4) is 0 Å². The number of rotatable bonds is 3. The van der Waals surface area contributed by atoms with Crippen LogP contribution in [0, 0.1) is 0 Å². The lowest BCUT2D eigenvalue weighted by Crippen LogP contribution is -2.11. The van der Waals surface area contributed by atoms with E-state index >= 15 is 0 Å². The highest BCUT2D eigenvalue weighted by Crippen LogP contribution is 2.27. The predicted octanol–water partition coefficient (Wildman–Crippen LogP) is 2.97. The fourth-order valence-corrected chi connectivity index (χ4v) is 2.44. The molecule has 0 saturated heterocycles. The molecule has 0 amide bonds. The van der Waals surface area contributed by atoms with Crippen LogP contribution < -0.4 is 10.6 Å². The number of methoxy groups -OCH3 is 1. The number of nitrogens with zero attached hydrogens (tertiary/aromatic N) is 1. The number of aryl methyl sites for hydroxylation is 1. The molecule has 0 unspecified atom stereocenters. The molecule has 1 aliphatic heterocycles. The average molecular weight is 283 g/mol. The Labute approximate surface area is 123 Å². The number of esters is 1. The summed E-state index contributed by atoms with van der Waals surface area (Å²) in [6.07, 6.45) is 3.83. The van der Waals surface area contributed by atoms with Crippen LogP contribution in [0.2, 0.25) is 0 Å². The molecule has 0 atom stereocenters. The largest absolute Gasteiger partial charge is 0.464 e. The standard InChI is InChI=1S/C16H17N3O2/c1-21-16(20)15-10-13(6-8-18-15)19-12-4-5-14-11(9-12)3-2-7-17-14/h4-6,8-10,17H,2-3,7H2,1H3,(H,18,19). The van der Waals surface area contributed by atoms with E-state index in [0.29, 0.717) is 5.69 Å². The molecule has 5 nitrogen and oxygen atoms in total. The van der Waals surface area contributed by atoms with Crippen molar-refractivity contribution in [3.8, 4) is 0 Å². The maximum atomic E-state index is 11.5. The zero-order valence-electron chi connectivity index (χ0n) is 11.8. The van der Waals surface area contributed by atoms with Crippen molar-refractivity contribution >= 4 is 23.0 Å². The van der Waals surface area contributed by atoms with E-state index in [1.807, 2.05) is 12.1 Å². The van der Waals surface area contributed by atoms with Gasteiger partial charge in [0.25, 0.3) is 0 Å². The van der Waals surface area contributed by atoms with Gasteiger partial charge >= 0.3 is 5.97 Å². The molecule has 0 bridgehead atoms. The molecular weight excluding hydrogens is 266 g/mol. The first kappa shape index (κ1) is 13.4. The third-order valence-corrected chi connectivity index (χ3v) is 3.49. The van der Waals surface area contributed by atoms with Crippen molar-refractivity contribution < 1.29 is 9.53 Å². The van der Waals surface area contributed by atoms with Crippen molar-refractivity contribution in [2.45, 2.75) is 12.8 Å². The number of anilines is 3.